The van der Waals surface area contributed by atoms with Crippen LogP contribution in [0.5, 0.6) is 0 Å². The highest BCUT2D eigenvalue weighted by Crippen LogP contribution is 1.90. The van der Waals surface area contributed by atoms with Crippen LogP contribution in [0.1, 0.15) is 6.92 Å². The zero-order chi connectivity index (χ0) is 12.5. The van der Waals surface area contributed by atoms with Crippen molar-refractivity contribution in [3.8, 4) is 0 Å². The van der Waals surface area contributed by atoms with Crippen LogP contribution < -0.4 is 10.6 Å². The maximum Gasteiger partial charge on any atom is 0.234 e. The molecule has 0 aliphatic carbocycles. The summed E-state index contributed by atoms with van der Waals surface area (Å²) in [4.78, 5) is 11.5. The van der Waals surface area contributed by atoms with Crippen molar-refractivity contribution in [2.75, 3.05) is 26.8 Å². The predicted molar refractivity (Wildman–Crippen MR) is 79.1 cm³/mol. The Labute approximate surface area is 126 Å². The molecule has 0 aromatic carbocycles. The van der Waals surface area contributed by atoms with Gasteiger partial charge in [0.2, 0.25) is 5.91 Å². The zero-order valence-corrected chi connectivity index (χ0v) is 12.8. The summed E-state index contributed by atoms with van der Waals surface area (Å²) < 4.78 is 6.66. The van der Waals surface area contributed by atoms with Gasteiger partial charge in [-0.2, -0.15) is 5.10 Å². The summed E-state index contributed by atoms with van der Waals surface area (Å²) in [6.07, 6.45) is 3.60. The van der Waals surface area contributed by atoms with Crippen molar-refractivity contribution in [3.05, 3.63) is 18.5 Å². The van der Waals surface area contributed by atoms with Crippen LogP contribution in [-0.2, 0) is 16.1 Å². The number of carbonyl (C=O) groups excluding carboxylic acids is 1. The lowest BCUT2D eigenvalue weighted by Gasteiger charge is -2.14. The first-order valence-electron chi connectivity index (χ1n) is 5.69. The van der Waals surface area contributed by atoms with Gasteiger partial charge < -0.3 is 15.4 Å². The van der Waals surface area contributed by atoms with Gasteiger partial charge in [-0.05, 0) is 13.0 Å². The van der Waals surface area contributed by atoms with Gasteiger partial charge in [-0.1, -0.05) is 0 Å². The Balaban J connectivity index is 0. The highest BCUT2D eigenvalue weighted by molar-refractivity contribution is 5.85. The molecule has 1 heterocycles. The van der Waals surface area contributed by atoms with Gasteiger partial charge in [-0.15, -0.1) is 24.8 Å². The average molecular weight is 313 g/mol. The summed E-state index contributed by atoms with van der Waals surface area (Å²) in [7, 11) is 1.63. The van der Waals surface area contributed by atoms with Gasteiger partial charge in [0.15, 0.2) is 0 Å². The second-order valence-corrected chi connectivity index (χ2v) is 3.87. The highest BCUT2D eigenvalue weighted by atomic mass is 35.5. The van der Waals surface area contributed by atoms with Crippen molar-refractivity contribution < 1.29 is 9.53 Å². The topological polar surface area (TPSA) is 68.2 Å². The standard InChI is InChI=1S/C11H20N4O2.2ClH/c1-10(9-15-6-3-4-13-15)14-11(16)8-12-5-7-17-2;;/h3-4,6,10,12H,5,7-9H2,1-2H3,(H,14,16);2*1H. The molecule has 1 amide bonds. The van der Waals surface area contributed by atoms with Crippen LogP contribution in [0, 0.1) is 0 Å². The predicted octanol–water partition coefficient (Wildman–Crippen LogP) is 0.467. The molecule has 6 nitrogen and oxygen atoms in total. The molecule has 1 aromatic heterocycles. The molecule has 0 bridgehead atoms. The third kappa shape index (κ3) is 9.72. The van der Waals surface area contributed by atoms with Crippen LogP contribution in [0.15, 0.2) is 18.5 Å². The maximum atomic E-state index is 11.5. The average Bonchev–Trinajstić information content (AvgIpc) is 2.77. The number of hydrogen-bond donors (Lipinski definition) is 2. The van der Waals surface area contributed by atoms with E-state index < -0.39 is 0 Å². The molecular weight excluding hydrogens is 291 g/mol. The minimum absolute atomic E-state index is 0. The van der Waals surface area contributed by atoms with Crippen molar-refractivity contribution >= 4 is 30.7 Å². The van der Waals surface area contributed by atoms with E-state index in [1.54, 1.807) is 18.0 Å². The van der Waals surface area contributed by atoms with E-state index in [-0.39, 0.29) is 36.8 Å². The number of hydrogen-bond acceptors (Lipinski definition) is 4. The number of ether oxygens (including phenoxy) is 1. The molecule has 0 spiro atoms. The second-order valence-electron chi connectivity index (χ2n) is 3.87. The van der Waals surface area contributed by atoms with E-state index >= 15 is 0 Å². The van der Waals surface area contributed by atoms with Gasteiger partial charge in [0.1, 0.15) is 0 Å². The minimum atomic E-state index is -0.0132. The number of nitrogens with zero attached hydrogens (tertiary/aromatic N) is 2. The fourth-order valence-electron chi connectivity index (χ4n) is 1.44. The van der Waals surface area contributed by atoms with Gasteiger partial charge in [-0.25, -0.2) is 0 Å². The molecule has 1 aromatic rings. The fourth-order valence-corrected chi connectivity index (χ4v) is 1.44. The fraction of sp³-hybridized carbons (Fsp3) is 0.636. The van der Waals surface area contributed by atoms with Crippen molar-refractivity contribution in [2.24, 2.45) is 0 Å². The Morgan fingerprint density at radius 1 is 1.47 bits per heavy atom. The molecule has 112 valence electrons. The van der Waals surface area contributed by atoms with Crippen molar-refractivity contribution in [1.29, 1.82) is 0 Å². The summed E-state index contributed by atoms with van der Waals surface area (Å²) in [6, 6.07) is 1.92. The number of halogens is 2. The van der Waals surface area contributed by atoms with Gasteiger partial charge in [0, 0.05) is 32.1 Å². The van der Waals surface area contributed by atoms with E-state index in [0.717, 1.165) is 0 Å². The number of rotatable bonds is 8. The van der Waals surface area contributed by atoms with Crippen LogP contribution in [-0.4, -0.2) is 48.5 Å². The normalized spacial score (nSPS) is 11.1. The van der Waals surface area contributed by atoms with E-state index in [1.165, 1.54) is 0 Å². The molecule has 2 N–H and O–H groups in total. The summed E-state index contributed by atoms with van der Waals surface area (Å²) in [5.74, 6) is -0.0132. The third-order valence-electron chi connectivity index (χ3n) is 2.20. The Bertz CT molecular complexity index is 323. The Hall–Kier alpha value is -0.820. The Morgan fingerprint density at radius 2 is 2.21 bits per heavy atom. The first-order valence-corrected chi connectivity index (χ1v) is 5.69. The summed E-state index contributed by atoms with van der Waals surface area (Å²) in [6.45, 7) is 4.23. The van der Waals surface area contributed by atoms with E-state index in [1.807, 2.05) is 19.2 Å². The number of amides is 1. The van der Waals surface area contributed by atoms with Crippen LogP contribution in [0.4, 0.5) is 0 Å². The number of methoxy groups -OCH3 is 1. The SMILES string of the molecule is COCCNCC(=O)NC(C)Cn1cccn1.Cl.Cl. The quantitative estimate of drug-likeness (QED) is 0.685. The zero-order valence-electron chi connectivity index (χ0n) is 11.2. The van der Waals surface area contributed by atoms with Crippen molar-refractivity contribution in [1.82, 2.24) is 20.4 Å². The molecular formula is C11H22Cl2N4O2. The number of aromatic nitrogens is 2. The molecule has 0 aliphatic rings. The van der Waals surface area contributed by atoms with E-state index in [9.17, 15) is 4.79 Å². The van der Waals surface area contributed by atoms with Crippen molar-refractivity contribution in [2.45, 2.75) is 19.5 Å². The lowest BCUT2D eigenvalue weighted by molar-refractivity contribution is -0.120. The smallest absolute Gasteiger partial charge is 0.234 e. The molecule has 0 aliphatic heterocycles. The van der Waals surface area contributed by atoms with E-state index in [2.05, 4.69) is 15.7 Å². The minimum Gasteiger partial charge on any atom is -0.383 e. The molecule has 1 rings (SSSR count). The first-order chi connectivity index (χ1) is 8.22. The second kappa shape index (κ2) is 12.2. The summed E-state index contributed by atoms with van der Waals surface area (Å²) in [5, 5.41) is 9.97. The molecule has 0 fully saturated rings. The number of carbonyl (C=O) groups is 1. The summed E-state index contributed by atoms with van der Waals surface area (Å²) in [5.41, 5.74) is 0. The van der Waals surface area contributed by atoms with Crippen LogP contribution in [0.2, 0.25) is 0 Å². The van der Waals surface area contributed by atoms with Gasteiger partial charge in [0.25, 0.3) is 0 Å². The molecule has 0 saturated carbocycles. The van der Waals surface area contributed by atoms with E-state index in [0.29, 0.717) is 26.2 Å². The Kier molecular flexibility index (Phi) is 13.2. The van der Waals surface area contributed by atoms with Gasteiger partial charge in [-0.3, -0.25) is 9.48 Å². The molecule has 8 heteroatoms. The molecule has 0 radical (unpaired) electrons. The lowest BCUT2D eigenvalue weighted by atomic mass is 10.3. The van der Waals surface area contributed by atoms with Crippen LogP contribution in [0.25, 0.3) is 0 Å². The highest BCUT2D eigenvalue weighted by Gasteiger charge is 2.07. The third-order valence-corrected chi connectivity index (χ3v) is 2.20. The largest absolute Gasteiger partial charge is 0.383 e. The monoisotopic (exact) mass is 312 g/mol. The van der Waals surface area contributed by atoms with Crippen molar-refractivity contribution in [3.63, 3.8) is 0 Å². The van der Waals surface area contributed by atoms with Crippen LogP contribution >= 0.6 is 24.8 Å². The summed E-state index contributed by atoms with van der Waals surface area (Å²) >= 11 is 0. The first kappa shape index (κ1) is 20.5. The number of nitrogens with one attached hydrogen (secondary N) is 2. The lowest BCUT2D eigenvalue weighted by Crippen LogP contribution is -2.41. The molecule has 0 saturated heterocycles. The van der Waals surface area contributed by atoms with Crippen LogP contribution in [0.3, 0.4) is 0 Å². The Morgan fingerprint density at radius 3 is 2.79 bits per heavy atom. The molecule has 1 unspecified atom stereocenters. The molecule has 19 heavy (non-hydrogen) atoms. The van der Waals surface area contributed by atoms with Gasteiger partial charge >= 0.3 is 0 Å². The molecule has 1 atom stereocenters. The maximum absolute atomic E-state index is 11.5. The van der Waals surface area contributed by atoms with E-state index in [4.69, 9.17) is 4.74 Å². The van der Waals surface area contributed by atoms with Gasteiger partial charge in [0.05, 0.1) is 19.7 Å².